The largest absolute Gasteiger partial charge is 0.353 e. The van der Waals surface area contributed by atoms with Gasteiger partial charge in [0.1, 0.15) is 0 Å². The highest BCUT2D eigenvalue weighted by Crippen LogP contribution is 2.71. The minimum atomic E-state index is -0.230. The van der Waals surface area contributed by atoms with E-state index >= 15 is 0 Å². The molecular weight excluding hydrogens is 380 g/mol. The average Bonchev–Trinajstić information content (AvgIpc) is 2.69. The zero-order valence-corrected chi connectivity index (χ0v) is 18.1. The highest BCUT2D eigenvalue weighted by molar-refractivity contribution is 6.17. The monoisotopic (exact) mass is 412 g/mol. The molecule has 0 heterocycles. The van der Waals surface area contributed by atoms with Gasteiger partial charge >= 0.3 is 0 Å². The summed E-state index contributed by atoms with van der Waals surface area (Å²) in [4.78, 5) is 13.8. The first-order valence-corrected chi connectivity index (χ1v) is 12.0. The van der Waals surface area contributed by atoms with Crippen LogP contribution in [-0.4, -0.2) is 23.5 Å². The summed E-state index contributed by atoms with van der Waals surface area (Å²) in [5.41, 5.74) is 2.41. The molecule has 1 aromatic rings. The molecule has 0 radical (unpaired) electrons. The summed E-state index contributed by atoms with van der Waals surface area (Å²) in [7, 11) is 0. The van der Waals surface area contributed by atoms with Gasteiger partial charge in [-0.15, -0.1) is 11.6 Å². The third kappa shape index (κ3) is 3.34. The first kappa shape index (κ1) is 19.6. The van der Waals surface area contributed by atoms with Gasteiger partial charge in [-0.1, -0.05) is 30.3 Å². The van der Waals surface area contributed by atoms with Crippen LogP contribution in [0.25, 0.3) is 0 Å². The van der Waals surface area contributed by atoms with Crippen molar-refractivity contribution < 1.29 is 4.79 Å². The smallest absolute Gasteiger partial charge is 0.226 e. The quantitative estimate of drug-likeness (QED) is 0.607. The van der Waals surface area contributed by atoms with E-state index in [1.165, 1.54) is 24.8 Å². The molecule has 6 rings (SSSR count). The Morgan fingerprint density at radius 2 is 1.83 bits per heavy atom. The third-order valence-electron chi connectivity index (χ3n) is 8.60. The van der Waals surface area contributed by atoms with Gasteiger partial charge < -0.3 is 10.7 Å². The lowest BCUT2D eigenvalue weighted by Gasteiger charge is -2.66. The van der Waals surface area contributed by atoms with Crippen LogP contribution in [0.4, 0.5) is 0 Å². The molecule has 3 unspecified atom stereocenters. The van der Waals surface area contributed by atoms with Crippen molar-refractivity contribution in [3.05, 3.63) is 35.9 Å². The molecule has 1 aromatic carbocycles. The molecule has 5 fully saturated rings. The van der Waals surface area contributed by atoms with Crippen molar-refractivity contribution in [3.8, 4) is 0 Å². The van der Waals surface area contributed by atoms with Gasteiger partial charge in [-0.05, 0) is 92.9 Å². The number of halogens is 1. The van der Waals surface area contributed by atoms with Crippen LogP contribution in [0.5, 0.6) is 0 Å². The summed E-state index contributed by atoms with van der Waals surface area (Å²) in [5, 5.41) is 11.3. The average molecular weight is 413 g/mol. The zero-order valence-electron chi connectivity index (χ0n) is 17.3. The van der Waals surface area contributed by atoms with E-state index in [1.807, 2.05) is 0 Å². The van der Waals surface area contributed by atoms with Gasteiger partial charge in [0.2, 0.25) is 5.91 Å². The molecule has 0 aromatic heterocycles. The van der Waals surface area contributed by atoms with E-state index in [9.17, 15) is 4.79 Å². The Hall–Kier alpha value is -1.35. The van der Waals surface area contributed by atoms with Gasteiger partial charge in [0, 0.05) is 17.6 Å². The highest BCUT2D eigenvalue weighted by atomic mass is 35.5. The second kappa shape index (κ2) is 7.11. The van der Waals surface area contributed by atoms with Crippen molar-refractivity contribution in [2.24, 2.45) is 16.7 Å². The zero-order chi connectivity index (χ0) is 20.1. The Morgan fingerprint density at radius 1 is 1.07 bits per heavy atom. The lowest BCUT2D eigenvalue weighted by atomic mass is 9.38. The fourth-order valence-electron chi connectivity index (χ4n) is 7.93. The molecule has 3 nitrogen and oxygen atoms in total. The lowest BCUT2D eigenvalue weighted by molar-refractivity contribution is -0.163. The third-order valence-corrected chi connectivity index (χ3v) is 8.79. The Labute approximate surface area is 179 Å². The standard InChI is InChI=1S/C25H33ClN2O/c26-11-10-23-12-18-13-24(15-23,19-4-2-1-3-5-19)17-25(14-18,16-23)22(29)28-21-8-6-20(27)7-9-21/h1-5,18,21,27H,6-17H2,(H,28,29)/t18?,21?,23?,24-,25?/m1/s1. The molecule has 0 spiro atoms. The SMILES string of the molecule is N=C1CCC(NC(=O)C23CC4CC(CCCl)(C2)C[C@](c2ccccc2)(C4)C3)CC1. The van der Waals surface area contributed by atoms with Gasteiger partial charge in [0.05, 0.1) is 5.41 Å². The maximum atomic E-state index is 13.8. The molecule has 4 heteroatoms. The molecule has 0 saturated heterocycles. The molecule has 4 atom stereocenters. The van der Waals surface area contributed by atoms with E-state index in [2.05, 4.69) is 35.6 Å². The van der Waals surface area contributed by atoms with E-state index < -0.39 is 0 Å². The summed E-state index contributed by atoms with van der Waals surface area (Å²) in [6.45, 7) is 0. The molecular formula is C25H33ClN2O. The van der Waals surface area contributed by atoms with Crippen LogP contribution in [0.3, 0.4) is 0 Å². The molecule has 156 valence electrons. The Bertz CT molecular complexity index is 800. The molecule has 29 heavy (non-hydrogen) atoms. The lowest BCUT2D eigenvalue weighted by Crippen LogP contribution is -2.63. The van der Waals surface area contributed by atoms with Gasteiger partial charge in [0.15, 0.2) is 0 Å². The fourth-order valence-corrected chi connectivity index (χ4v) is 8.33. The second-order valence-electron chi connectivity index (χ2n) is 10.7. The maximum Gasteiger partial charge on any atom is 0.226 e. The molecule has 5 saturated carbocycles. The first-order chi connectivity index (χ1) is 14.0. The van der Waals surface area contributed by atoms with Crippen molar-refractivity contribution in [2.45, 2.75) is 82.1 Å². The van der Waals surface area contributed by atoms with Gasteiger partial charge in [-0.2, -0.15) is 0 Å². The van der Waals surface area contributed by atoms with Crippen molar-refractivity contribution in [1.82, 2.24) is 5.32 Å². The number of hydrogen-bond acceptors (Lipinski definition) is 2. The fraction of sp³-hybridized carbons (Fsp3) is 0.680. The number of carbonyl (C=O) groups excluding carboxylic acids is 1. The molecule has 5 aliphatic rings. The van der Waals surface area contributed by atoms with Crippen molar-refractivity contribution in [1.29, 1.82) is 5.41 Å². The number of benzene rings is 1. The Morgan fingerprint density at radius 3 is 2.55 bits per heavy atom. The number of nitrogens with one attached hydrogen (secondary N) is 2. The molecule has 2 N–H and O–H groups in total. The minimum absolute atomic E-state index is 0.138. The number of carbonyl (C=O) groups is 1. The van der Waals surface area contributed by atoms with Crippen molar-refractivity contribution in [3.63, 3.8) is 0 Å². The van der Waals surface area contributed by atoms with Gasteiger partial charge in [0.25, 0.3) is 0 Å². The molecule has 5 aliphatic carbocycles. The topological polar surface area (TPSA) is 53.0 Å². The van der Waals surface area contributed by atoms with Crippen LogP contribution in [0.15, 0.2) is 30.3 Å². The van der Waals surface area contributed by atoms with Crippen LogP contribution in [-0.2, 0) is 10.2 Å². The number of amides is 1. The summed E-state index contributed by atoms with van der Waals surface area (Å²) in [6.07, 6.45) is 11.3. The summed E-state index contributed by atoms with van der Waals surface area (Å²) in [5.74, 6) is 1.64. The van der Waals surface area contributed by atoms with E-state index in [-0.39, 0.29) is 22.3 Å². The van der Waals surface area contributed by atoms with E-state index in [1.54, 1.807) is 0 Å². The molecule has 0 aliphatic heterocycles. The molecule has 1 amide bonds. The molecule has 4 bridgehead atoms. The first-order valence-electron chi connectivity index (χ1n) is 11.5. The summed E-state index contributed by atoms with van der Waals surface area (Å²) >= 11 is 6.30. The van der Waals surface area contributed by atoms with Crippen LogP contribution in [0, 0.1) is 22.2 Å². The minimum Gasteiger partial charge on any atom is -0.353 e. The number of alkyl halides is 1. The van der Waals surface area contributed by atoms with Crippen LogP contribution in [0.1, 0.15) is 76.2 Å². The predicted molar refractivity (Wildman–Crippen MR) is 118 cm³/mol. The predicted octanol–water partition coefficient (Wildman–Crippen LogP) is 5.60. The normalized spacial score (nSPS) is 40.8. The van der Waals surface area contributed by atoms with Crippen LogP contribution in [0.2, 0.25) is 0 Å². The van der Waals surface area contributed by atoms with Gasteiger partial charge in [-0.25, -0.2) is 0 Å². The van der Waals surface area contributed by atoms with Gasteiger partial charge in [-0.3, -0.25) is 4.79 Å². The number of rotatable bonds is 5. The van der Waals surface area contributed by atoms with E-state index in [0.717, 1.165) is 57.1 Å². The maximum absolute atomic E-state index is 13.8. The second-order valence-corrected chi connectivity index (χ2v) is 11.1. The highest BCUT2D eigenvalue weighted by Gasteiger charge is 2.65. The van der Waals surface area contributed by atoms with Crippen LogP contribution >= 0.6 is 11.6 Å². The van der Waals surface area contributed by atoms with Crippen LogP contribution < -0.4 is 5.32 Å². The Balaban J connectivity index is 1.46. The summed E-state index contributed by atoms with van der Waals surface area (Å²) < 4.78 is 0. The Kier molecular flexibility index (Phi) is 4.81. The summed E-state index contributed by atoms with van der Waals surface area (Å²) in [6, 6.07) is 11.3. The van der Waals surface area contributed by atoms with E-state index in [0.29, 0.717) is 17.7 Å². The number of hydrogen-bond donors (Lipinski definition) is 2. The van der Waals surface area contributed by atoms with Crippen molar-refractivity contribution >= 4 is 23.2 Å². The van der Waals surface area contributed by atoms with Crippen molar-refractivity contribution in [2.75, 3.05) is 5.88 Å². The van der Waals surface area contributed by atoms with E-state index in [4.69, 9.17) is 17.0 Å².